The van der Waals surface area contributed by atoms with Crippen LogP contribution in [-0.2, 0) is 4.74 Å². The minimum atomic E-state index is -0.806. The van der Waals surface area contributed by atoms with E-state index in [9.17, 15) is 4.39 Å². The fourth-order valence-corrected chi connectivity index (χ4v) is 3.15. The van der Waals surface area contributed by atoms with Gasteiger partial charge in [0.05, 0.1) is 19.3 Å². The van der Waals surface area contributed by atoms with Gasteiger partial charge in [-0.25, -0.2) is 4.39 Å². The molecule has 1 heterocycles. The molecule has 1 N–H and O–H groups in total. The average Bonchev–Trinajstić information content (AvgIpc) is 2.90. The zero-order valence-corrected chi connectivity index (χ0v) is 8.86. The van der Waals surface area contributed by atoms with Crippen molar-refractivity contribution in [3.8, 4) is 0 Å². The third-order valence-electron chi connectivity index (χ3n) is 4.07. The smallest absolute Gasteiger partial charge is 0.141 e. The molecule has 1 aliphatic heterocycles. The van der Waals surface area contributed by atoms with Crippen LogP contribution < -0.4 is 5.32 Å². The molecule has 3 aliphatic rings. The third kappa shape index (κ3) is 1.83. The first kappa shape index (κ1) is 9.79. The number of nitrogens with one attached hydrogen (secondary N) is 1. The second-order valence-corrected chi connectivity index (χ2v) is 5.11. The summed E-state index contributed by atoms with van der Waals surface area (Å²) in [5.74, 6) is 2.29. The molecule has 5 unspecified atom stereocenters. The third-order valence-corrected chi connectivity index (χ3v) is 4.07. The van der Waals surface area contributed by atoms with E-state index in [1.165, 1.54) is 12.8 Å². The van der Waals surface area contributed by atoms with Crippen LogP contribution in [-0.4, -0.2) is 32.0 Å². The molecule has 84 valence electrons. The molecule has 0 aromatic heterocycles. The Bertz CT molecular complexity index is 268. The maximum absolute atomic E-state index is 13.2. The van der Waals surface area contributed by atoms with Crippen LogP contribution in [0.4, 0.5) is 4.39 Å². The van der Waals surface area contributed by atoms with E-state index in [1.54, 1.807) is 0 Å². The molecule has 2 bridgehead atoms. The van der Waals surface area contributed by atoms with Crippen molar-refractivity contribution < 1.29 is 9.13 Å². The summed E-state index contributed by atoms with van der Waals surface area (Å²) in [5.41, 5.74) is 0. The minimum absolute atomic E-state index is 0.0619. The summed E-state index contributed by atoms with van der Waals surface area (Å²) in [4.78, 5) is 0. The SMILES string of the molecule is FC1COCC1NCC1CC2C=CC1C2. The Kier molecular flexibility index (Phi) is 2.53. The summed E-state index contributed by atoms with van der Waals surface area (Å²) in [6.45, 7) is 1.77. The average molecular weight is 211 g/mol. The van der Waals surface area contributed by atoms with E-state index >= 15 is 0 Å². The van der Waals surface area contributed by atoms with Crippen molar-refractivity contribution in [2.24, 2.45) is 17.8 Å². The van der Waals surface area contributed by atoms with Gasteiger partial charge in [0.25, 0.3) is 0 Å². The van der Waals surface area contributed by atoms with E-state index in [0.29, 0.717) is 6.61 Å². The number of alkyl halides is 1. The summed E-state index contributed by atoms with van der Waals surface area (Å²) in [7, 11) is 0. The maximum atomic E-state index is 13.2. The number of rotatable bonds is 3. The van der Waals surface area contributed by atoms with Gasteiger partial charge in [-0.3, -0.25) is 0 Å². The predicted molar refractivity (Wildman–Crippen MR) is 56.3 cm³/mol. The van der Waals surface area contributed by atoms with Gasteiger partial charge in [0.2, 0.25) is 0 Å². The Morgan fingerprint density at radius 3 is 2.80 bits per heavy atom. The van der Waals surface area contributed by atoms with E-state index in [4.69, 9.17) is 4.74 Å². The van der Waals surface area contributed by atoms with Gasteiger partial charge in [-0.2, -0.15) is 0 Å². The Morgan fingerprint density at radius 1 is 1.27 bits per heavy atom. The largest absolute Gasteiger partial charge is 0.377 e. The van der Waals surface area contributed by atoms with Crippen LogP contribution in [0.1, 0.15) is 12.8 Å². The first-order valence-corrected chi connectivity index (χ1v) is 5.96. The quantitative estimate of drug-likeness (QED) is 0.715. The first-order chi connectivity index (χ1) is 7.33. The van der Waals surface area contributed by atoms with E-state index < -0.39 is 6.17 Å². The number of ether oxygens (including phenoxy) is 1. The lowest BCUT2D eigenvalue weighted by Gasteiger charge is -2.21. The van der Waals surface area contributed by atoms with E-state index in [-0.39, 0.29) is 12.6 Å². The second-order valence-electron chi connectivity index (χ2n) is 5.11. The fourth-order valence-electron chi connectivity index (χ4n) is 3.15. The van der Waals surface area contributed by atoms with Crippen molar-refractivity contribution >= 4 is 0 Å². The first-order valence-electron chi connectivity index (χ1n) is 5.96. The zero-order chi connectivity index (χ0) is 10.3. The highest BCUT2D eigenvalue weighted by Crippen LogP contribution is 2.43. The molecule has 2 fully saturated rings. The Balaban J connectivity index is 1.48. The molecular formula is C12H18FNO. The minimum Gasteiger partial charge on any atom is -0.377 e. The van der Waals surface area contributed by atoms with Crippen LogP contribution >= 0.6 is 0 Å². The van der Waals surface area contributed by atoms with Gasteiger partial charge in [0, 0.05) is 0 Å². The van der Waals surface area contributed by atoms with Gasteiger partial charge < -0.3 is 10.1 Å². The van der Waals surface area contributed by atoms with Gasteiger partial charge in [-0.15, -0.1) is 0 Å². The molecule has 0 spiro atoms. The van der Waals surface area contributed by atoms with Gasteiger partial charge in [-0.1, -0.05) is 12.2 Å². The lowest BCUT2D eigenvalue weighted by molar-refractivity contribution is 0.172. The maximum Gasteiger partial charge on any atom is 0.141 e. The van der Waals surface area contributed by atoms with Gasteiger partial charge in [0.15, 0.2) is 0 Å². The molecule has 1 saturated heterocycles. The molecule has 3 heteroatoms. The van der Waals surface area contributed by atoms with Crippen molar-refractivity contribution in [2.75, 3.05) is 19.8 Å². The van der Waals surface area contributed by atoms with Gasteiger partial charge in [0.1, 0.15) is 6.17 Å². The van der Waals surface area contributed by atoms with Crippen LogP contribution in [0.15, 0.2) is 12.2 Å². The number of hydrogen-bond donors (Lipinski definition) is 1. The van der Waals surface area contributed by atoms with Crippen LogP contribution in [0.5, 0.6) is 0 Å². The lowest BCUT2D eigenvalue weighted by Crippen LogP contribution is -2.40. The van der Waals surface area contributed by atoms with E-state index in [0.717, 1.165) is 24.3 Å². The molecule has 2 nitrogen and oxygen atoms in total. The van der Waals surface area contributed by atoms with Crippen LogP contribution in [0.2, 0.25) is 0 Å². The fraction of sp³-hybridized carbons (Fsp3) is 0.833. The number of halogens is 1. The summed E-state index contributed by atoms with van der Waals surface area (Å²) in [5, 5.41) is 3.32. The second kappa shape index (κ2) is 3.87. The van der Waals surface area contributed by atoms with Crippen LogP contribution in [0, 0.1) is 17.8 Å². The van der Waals surface area contributed by atoms with Crippen LogP contribution in [0.3, 0.4) is 0 Å². The highest BCUT2D eigenvalue weighted by Gasteiger charge is 2.36. The van der Waals surface area contributed by atoms with Crippen molar-refractivity contribution in [1.82, 2.24) is 5.32 Å². The molecule has 2 aliphatic carbocycles. The van der Waals surface area contributed by atoms with Crippen molar-refractivity contribution in [2.45, 2.75) is 25.1 Å². The van der Waals surface area contributed by atoms with Crippen molar-refractivity contribution in [1.29, 1.82) is 0 Å². The molecule has 1 saturated carbocycles. The zero-order valence-electron chi connectivity index (χ0n) is 8.86. The lowest BCUT2D eigenvalue weighted by atomic mass is 9.93. The summed E-state index contributed by atoms with van der Waals surface area (Å²) < 4.78 is 18.3. The van der Waals surface area contributed by atoms with Crippen molar-refractivity contribution in [3.63, 3.8) is 0 Å². The molecule has 0 aromatic carbocycles. The predicted octanol–water partition coefficient (Wildman–Crippen LogP) is 1.53. The highest BCUT2D eigenvalue weighted by atomic mass is 19.1. The van der Waals surface area contributed by atoms with E-state index in [2.05, 4.69) is 17.5 Å². The Hall–Kier alpha value is -0.410. The van der Waals surface area contributed by atoms with E-state index in [1.807, 2.05) is 0 Å². The number of hydrogen-bond acceptors (Lipinski definition) is 2. The summed E-state index contributed by atoms with van der Waals surface area (Å²) in [6, 6.07) is -0.0619. The molecule has 3 rings (SSSR count). The molecular weight excluding hydrogens is 193 g/mol. The topological polar surface area (TPSA) is 21.3 Å². The van der Waals surface area contributed by atoms with Crippen LogP contribution in [0.25, 0.3) is 0 Å². The standard InChI is InChI=1S/C12H18FNO/c13-11-6-15-7-12(11)14-5-10-4-8-1-2-9(10)3-8/h1-2,8-12,14H,3-7H2. The number of allylic oxidation sites excluding steroid dienone is 2. The van der Waals surface area contributed by atoms with Gasteiger partial charge >= 0.3 is 0 Å². The summed E-state index contributed by atoms with van der Waals surface area (Å²) in [6.07, 6.45) is 6.50. The molecule has 15 heavy (non-hydrogen) atoms. The van der Waals surface area contributed by atoms with Crippen molar-refractivity contribution in [3.05, 3.63) is 12.2 Å². The Morgan fingerprint density at radius 2 is 2.20 bits per heavy atom. The highest BCUT2D eigenvalue weighted by molar-refractivity contribution is 5.10. The number of fused-ring (bicyclic) bond motifs is 2. The molecule has 0 amide bonds. The molecule has 0 aromatic rings. The van der Waals surface area contributed by atoms with Gasteiger partial charge in [-0.05, 0) is 37.1 Å². The monoisotopic (exact) mass is 211 g/mol. The Labute approximate surface area is 89.9 Å². The normalized spacial score (nSPS) is 47.9. The molecule has 0 radical (unpaired) electrons. The summed E-state index contributed by atoms with van der Waals surface area (Å²) >= 11 is 0. The molecule has 5 atom stereocenters.